The first-order chi connectivity index (χ1) is 22.2. The monoisotopic (exact) mass is 674 g/mol. The maximum absolute atomic E-state index is 14.3. The predicted octanol–water partition coefficient (Wildman–Crippen LogP) is 4.39. The Morgan fingerprint density at radius 3 is 2.47 bits per heavy atom. The first-order valence-electron chi connectivity index (χ1n) is 16.5. The number of likely N-dealkylation sites (N-methyl/N-ethyl adjacent to an activating group) is 1. The van der Waals surface area contributed by atoms with Gasteiger partial charge in [-0.05, 0) is 97.4 Å². The average molecular weight is 675 g/mol. The molecule has 3 rings (SSSR count). The molecule has 0 unspecified atom stereocenters. The van der Waals surface area contributed by atoms with Gasteiger partial charge in [0, 0.05) is 44.8 Å². The van der Waals surface area contributed by atoms with E-state index in [0.717, 1.165) is 31.4 Å². The fourth-order valence-corrected chi connectivity index (χ4v) is 6.67. The number of fused-ring (bicyclic) bond motifs is 1. The third kappa shape index (κ3) is 11.3. The Morgan fingerprint density at radius 2 is 1.81 bits per heavy atom. The number of nitrogens with one attached hydrogen (secondary N) is 1. The number of hydrogen-bond donors (Lipinski definition) is 2. The molecule has 1 heterocycles. The van der Waals surface area contributed by atoms with Crippen LogP contribution in [0.25, 0.3) is 0 Å². The number of anilines is 1. The van der Waals surface area contributed by atoms with Crippen molar-refractivity contribution in [2.24, 2.45) is 5.92 Å². The van der Waals surface area contributed by atoms with Crippen LogP contribution < -0.4 is 10.1 Å². The summed E-state index contributed by atoms with van der Waals surface area (Å²) < 4.78 is 40.8. The van der Waals surface area contributed by atoms with Crippen molar-refractivity contribution >= 4 is 27.5 Å². The van der Waals surface area contributed by atoms with E-state index < -0.39 is 22.2 Å². The molecule has 4 atom stereocenters. The Labute approximate surface area is 281 Å². The predicted molar refractivity (Wildman–Crippen MR) is 184 cm³/mol. The van der Waals surface area contributed by atoms with Gasteiger partial charge in [-0.1, -0.05) is 24.6 Å². The van der Waals surface area contributed by atoms with Crippen LogP contribution >= 0.6 is 0 Å². The molecule has 2 amide bonds. The van der Waals surface area contributed by atoms with Crippen molar-refractivity contribution in [2.75, 3.05) is 59.3 Å². The highest BCUT2D eigenvalue weighted by atomic mass is 32.2. The van der Waals surface area contributed by atoms with E-state index in [4.69, 9.17) is 9.47 Å². The molecule has 2 aromatic carbocycles. The lowest BCUT2D eigenvalue weighted by molar-refractivity contribution is -0.116. The van der Waals surface area contributed by atoms with Gasteiger partial charge in [-0.15, -0.1) is 0 Å². The van der Waals surface area contributed by atoms with Crippen LogP contribution in [-0.2, 0) is 19.6 Å². The minimum Gasteiger partial charge on any atom is -0.490 e. The zero-order valence-corrected chi connectivity index (χ0v) is 29.9. The molecule has 0 radical (unpaired) electrons. The second-order valence-electron chi connectivity index (χ2n) is 13.1. The molecule has 0 spiro atoms. The standard InChI is InChI=1S/C35H54N4O7S/c1-25-13-16-30(17-14-25)47(43,44)38(7)23-33-26(2)22-39(27(3)24-40)35(42)31-21-29(36-34(41)12-10-19-37(5)6)15-18-32(31)46-28(4)11-8-9-20-45-33/h13-18,21,26-28,33,40H,8-12,19-20,22-24H2,1-7H3,(H,36,41)/t26-,27+,28+,33-/m1/s1. The van der Waals surface area contributed by atoms with E-state index in [9.17, 15) is 23.1 Å². The van der Waals surface area contributed by atoms with Gasteiger partial charge in [0.25, 0.3) is 5.91 Å². The molecule has 1 aliphatic heterocycles. The number of aliphatic hydroxyl groups is 1. The van der Waals surface area contributed by atoms with Gasteiger partial charge < -0.3 is 29.7 Å². The van der Waals surface area contributed by atoms with Crippen LogP contribution in [0.1, 0.15) is 68.8 Å². The second-order valence-corrected chi connectivity index (χ2v) is 15.1. The van der Waals surface area contributed by atoms with Gasteiger partial charge >= 0.3 is 0 Å². The van der Waals surface area contributed by atoms with Crippen LogP contribution in [0.4, 0.5) is 5.69 Å². The molecule has 1 aliphatic rings. The topological polar surface area (TPSA) is 129 Å². The zero-order valence-electron chi connectivity index (χ0n) is 29.1. The quantitative estimate of drug-likeness (QED) is 0.359. The Kier molecular flexibility index (Phi) is 14.7. The molecule has 0 saturated carbocycles. The van der Waals surface area contributed by atoms with Crippen molar-refractivity contribution in [3.05, 3.63) is 53.6 Å². The summed E-state index contributed by atoms with van der Waals surface area (Å²) in [5, 5.41) is 13.1. The molecule has 262 valence electrons. The lowest BCUT2D eigenvalue weighted by atomic mass is 10.0. The zero-order chi connectivity index (χ0) is 34.7. The summed E-state index contributed by atoms with van der Waals surface area (Å²) in [5.74, 6) is -0.395. The van der Waals surface area contributed by atoms with Gasteiger partial charge in [0.05, 0.1) is 35.3 Å². The normalized spacial score (nSPS) is 20.8. The van der Waals surface area contributed by atoms with Crippen LogP contribution in [0.5, 0.6) is 5.75 Å². The summed E-state index contributed by atoms with van der Waals surface area (Å²) in [7, 11) is 1.68. The fraction of sp³-hybridized carbons (Fsp3) is 0.600. The number of amides is 2. The number of rotatable bonds is 11. The van der Waals surface area contributed by atoms with E-state index in [1.54, 1.807) is 61.3 Å². The lowest BCUT2D eigenvalue weighted by Gasteiger charge is -2.35. The number of benzene rings is 2. The van der Waals surface area contributed by atoms with Gasteiger partial charge in [0.1, 0.15) is 5.75 Å². The molecule has 0 aliphatic carbocycles. The highest BCUT2D eigenvalue weighted by Crippen LogP contribution is 2.29. The average Bonchev–Trinajstić information content (AvgIpc) is 3.02. The van der Waals surface area contributed by atoms with E-state index in [2.05, 4.69) is 5.32 Å². The molecule has 0 bridgehead atoms. The van der Waals surface area contributed by atoms with Gasteiger partial charge in [0.15, 0.2) is 0 Å². The highest BCUT2D eigenvalue weighted by Gasteiger charge is 2.32. The number of nitrogens with zero attached hydrogens (tertiary/aromatic N) is 3. The number of carbonyl (C=O) groups is 2. The van der Waals surface area contributed by atoms with E-state index in [1.807, 2.05) is 39.8 Å². The van der Waals surface area contributed by atoms with Crippen LogP contribution in [-0.4, -0.2) is 112 Å². The summed E-state index contributed by atoms with van der Waals surface area (Å²) in [6.45, 7) is 8.76. The second kappa shape index (κ2) is 17.9. The van der Waals surface area contributed by atoms with Gasteiger partial charge in [-0.25, -0.2) is 8.42 Å². The van der Waals surface area contributed by atoms with Gasteiger partial charge in [0.2, 0.25) is 15.9 Å². The number of carbonyl (C=O) groups excluding carboxylic acids is 2. The maximum Gasteiger partial charge on any atom is 0.258 e. The summed E-state index contributed by atoms with van der Waals surface area (Å²) in [5.41, 5.74) is 1.73. The minimum absolute atomic E-state index is 0.0903. The number of ether oxygens (including phenoxy) is 2. The van der Waals surface area contributed by atoms with E-state index in [-0.39, 0.29) is 54.0 Å². The third-order valence-corrected chi connectivity index (χ3v) is 10.3. The van der Waals surface area contributed by atoms with Crippen molar-refractivity contribution in [3.63, 3.8) is 0 Å². The van der Waals surface area contributed by atoms with Crippen molar-refractivity contribution in [1.29, 1.82) is 0 Å². The smallest absolute Gasteiger partial charge is 0.258 e. The molecule has 2 N–H and O–H groups in total. The van der Waals surface area contributed by atoms with Crippen LogP contribution in [0, 0.1) is 12.8 Å². The summed E-state index contributed by atoms with van der Waals surface area (Å²) in [4.78, 5) is 30.8. The molecule has 0 fully saturated rings. The molecular weight excluding hydrogens is 620 g/mol. The molecular formula is C35H54N4O7S. The van der Waals surface area contributed by atoms with Crippen molar-refractivity contribution in [1.82, 2.24) is 14.1 Å². The number of sulfonamides is 1. The molecule has 11 nitrogen and oxygen atoms in total. The van der Waals surface area contributed by atoms with Crippen LogP contribution in [0.3, 0.4) is 0 Å². The Balaban J connectivity index is 1.92. The summed E-state index contributed by atoms with van der Waals surface area (Å²) in [6.07, 6.45) is 2.63. The molecule has 2 aromatic rings. The van der Waals surface area contributed by atoms with Crippen molar-refractivity contribution < 1.29 is 32.6 Å². The third-order valence-electron chi connectivity index (χ3n) is 8.51. The fourth-order valence-electron chi connectivity index (χ4n) is 5.48. The maximum atomic E-state index is 14.3. The van der Waals surface area contributed by atoms with E-state index >= 15 is 0 Å². The van der Waals surface area contributed by atoms with Crippen LogP contribution in [0.15, 0.2) is 47.4 Å². The number of aryl methyl sites for hydroxylation is 1. The first-order valence-corrected chi connectivity index (χ1v) is 18.0. The van der Waals surface area contributed by atoms with Gasteiger partial charge in [-0.2, -0.15) is 4.31 Å². The molecule has 0 aromatic heterocycles. The Hall–Kier alpha value is -3.03. The lowest BCUT2D eigenvalue weighted by Crippen LogP contribution is -2.48. The summed E-state index contributed by atoms with van der Waals surface area (Å²) >= 11 is 0. The van der Waals surface area contributed by atoms with Gasteiger partial charge in [-0.3, -0.25) is 9.59 Å². The largest absolute Gasteiger partial charge is 0.490 e. The minimum atomic E-state index is -3.78. The van der Waals surface area contributed by atoms with E-state index in [0.29, 0.717) is 30.9 Å². The molecule has 12 heteroatoms. The van der Waals surface area contributed by atoms with Crippen LogP contribution in [0.2, 0.25) is 0 Å². The number of hydrogen-bond acceptors (Lipinski definition) is 8. The Morgan fingerprint density at radius 1 is 1.11 bits per heavy atom. The number of aliphatic hydroxyl groups excluding tert-OH is 1. The summed E-state index contributed by atoms with van der Waals surface area (Å²) in [6, 6.07) is 11.3. The Bertz CT molecular complexity index is 1420. The van der Waals surface area contributed by atoms with Crippen molar-refractivity contribution in [2.45, 2.75) is 82.9 Å². The highest BCUT2D eigenvalue weighted by molar-refractivity contribution is 7.89. The molecule has 0 saturated heterocycles. The SMILES string of the molecule is Cc1ccc(S(=O)(=O)N(C)C[C@H]2OCCCC[C@H](C)Oc3ccc(NC(=O)CCCN(C)C)cc3C(=O)N([C@@H](C)CO)C[C@H]2C)cc1. The van der Waals surface area contributed by atoms with E-state index in [1.165, 1.54) is 4.31 Å². The van der Waals surface area contributed by atoms with Crippen molar-refractivity contribution in [3.8, 4) is 5.75 Å². The first kappa shape index (κ1) is 38.4. The molecule has 47 heavy (non-hydrogen) atoms.